The fourth-order valence-electron chi connectivity index (χ4n) is 3.75. The molecule has 0 amide bonds. The molecule has 9 heteroatoms. The fourth-order valence-corrected chi connectivity index (χ4v) is 4.66. The molecule has 5 rings (SSSR count). The Morgan fingerprint density at radius 3 is 2.33 bits per heavy atom. The standard InChI is InChI=1S/C27H23N3O5S/c1-32-21-14-19(15-22(33-2)24(21)34-3)25-28-27-30(29-25)26(31)23(36-27)13-18-10-7-11-20(12-18)35-16-17-8-5-4-6-9-17/h4-15H,16H2,1-3H3/b23-13+. The van der Waals surface area contributed by atoms with Gasteiger partial charge in [0, 0.05) is 5.56 Å². The van der Waals surface area contributed by atoms with Gasteiger partial charge in [0.15, 0.2) is 17.3 Å². The molecule has 182 valence electrons. The van der Waals surface area contributed by atoms with Crippen LogP contribution >= 0.6 is 11.3 Å². The summed E-state index contributed by atoms with van der Waals surface area (Å²) in [7, 11) is 4.62. The first kappa shape index (κ1) is 23.4. The monoisotopic (exact) mass is 501 g/mol. The smallest absolute Gasteiger partial charge is 0.291 e. The summed E-state index contributed by atoms with van der Waals surface area (Å²) in [5.74, 6) is 2.55. The van der Waals surface area contributed by atoms with Gasteiger partial charge in [-0.25, -0.2) is 0 Å². The number of aromatic nitrogens is 3. The maximum atomic E-state index is 13.1. The first-order valence-corrected chi connectivity index (χ1v) is 11.9. The van der Waals surface area contributed by atoms with Crippen LogP contribution in [-0.2, 0) is 6.61 Å². The Morgan fingerprint density at radius 1 is 0.917 bits per heavy atom. The lowest BCUT2D eigenvalue weighted by atomic mass is 10.1. The molecule has 0 bridgehead atoms. The molecule has 0 N–H and O–H groups in total. The van der Waals surface area contributed by atoms with E-state index in [-0.39, 0.29) is 5.56 Å². The van der Waals surface area contributed by atoms with Crippen LogP contribution in [0.3, 0.4) is 0 Å². The number of hydrogen-bond acceptors (Lipinski definition) is 8. The van der Waals surface area contributed by atoms with Gasteiger partial charge in [-0.3, -0.25) is 4.79 Å². The van der Waals surface area contributed by atoms with E-state index in [1.54, 1.807) is 26.4 Å². The number of thiazole rings is 1. The number of hydrogen-bond donors (Lipinski definition) is 0. The summed E-state index contributed by atoms with van der Waals surface area (Å²) in [6.07, 6.45) is 1.82. The number of nitrogens with zero attached hydrogens (tertiary/aromatic N) is 3. The van der Waals surface area contributed by atoms with Crippen LogP contribution in [-0.4, -0.2) is 35.9 Å². The molecule has 2 aromatic heterocycles. The Bertz CT molecular complexity index is 1600. The van der Waals surface area contributed by atoms with Crippen LogP contribution in [0.1, 0.15) is 11.1 Å². The van der Waals surface area contributed by atoms with E-state index in [1.807, 2.05) is 60.7 Å². The average Bonchev–Trinajstić information content (AvgIpc) is 3.46. The van der Waals surface area contributed by atoms with E-state index in [9.17, 15) is 4.79 Å². The van der Waals surface area contributed by atoms with Gasteiger partial charge in [-0.1, -0.05) is 53.8 Å². The molecule has 0 radical (unpaired) electrons. The Kier molecular flexibility index (Phi) is 6.55. The molecular weight excluding hydrogens is 478 g/mol. The summed E-state index contributed by atoms with van der Waals surface area (Å²) < 4.78 is 24.0. The highest BCUT2D eigenvalue weighted by atomic mass is 32.1. The van der Waals surface area contributed by atoms with E-state index in [4.69, 9.17) is 18.9 Å². The minimum Gasteiger partial charge on any atom is -0.493 e. The van der Waals surface area contributed by atoms with Gasteiger partial charge in [-0.2, -0.15) is 9.50 Å². The van der Waals surface area contributed by atoms with E-state index in [0.29, 0.717) is 44.7 Å². The molecule has 0 saturated heterocycles. The van der Waals surface area contributed by atoms with Crippen molar-refractivity contribution in [1.29, 1.82) is 0 Å². The number of fused-ring (bicyclic) bond motifs is 1. The molecule has 0 aliphatic heterocycles. The van der Waals surface area contributed by atoms with Crippen molar-refractivity contribution in [3.8, 4) is 34.4 Å². The number of benzene rings is 3. The van der Waals surface area contributed by atoms with Crippen molar-refractivity contribution in [2.24, 2.45) is 0 Å². The van der Waals surface area contributed by atoms with Gasteiger partial charge in [0.05, 0.1) is 25.9 Å². The van der Waals surface area contributed by atoms with Crippen LogP contribution in [0.5, 0.6) is 23.0 Å². The second-order valence-electron chi connectivity index (χ2n) is 7.81. The van der Waals surface area contributed by atoms with Gasteiger partial charge >= 0.3 is 0 Å². The predicted octanol–water partition coefficient (Wildman–Crippen LogP) is 3.97. The molecule has 0 atom stereocenters. The molecule has 2 heterocycles. The van der Waals surface area contributed by atoms with Crippen LogP contribution in [0.15, 0.2) is 71.5 Å². The van der Waals surface area contributed by atoms with Crippen LogP contribution in [0, 0.1) is 0 Å². The zero-order chi connectivity index (χ0) is 25.1. The Balaban J connectivity index is 1.44. The normalized spacial score (nSPS) is 11.6. The van der Waals surface area contributed by atoms with Crippen LogP contribution < -0.4 is 29.0 Å². The highest BCUT2D eigenvalue weighted by Crippen LogP contribution is 2.40. The third-order valence-electron chi connectivity index (χ3n) is 5.51. The number of ether oxygens (including phenoxy) is 4. The molecular formula is C27H23N3O5S. The van der Waals surface area contributed by atoms with Crippen LogP contribution in [0.4, 0.5) is 0 Å². The highest BCUT2D eigenvalue weighted by Gasteiger charge is 2.18. The van der Waals surface area contributed by atoms with Gasteiger partial charge in [0.1, 0.15) is 12.4 Å². The fraction of sp³-hybridized carbons (Fsp3) is 0.148. The number of rotatable bonds is 8. The molecule has 3 aromatic carbocycles. The molecule has 0 fully saturated rings. The SMILES string of the molecule is COc1cc(-c2nc3s/c(=C/c4cccc(OCc5ccccc5)c4)c(=O)n3n2)cc(OC)c1OC. The van der Waals surface area contributed by atoms with E-state index < -0.39 is 0 Å². The third-order valence-corrected chi connectivity index (χ3v) is 6.47. The summed E-state index contributed by atoms with van der Waals surface area (Å²) in [6.45, 7) is 0.470. The Labute approximate surface area is 211 Å². The quantitative estimate of drug-likeness (QED) is 0.318. The zero-order valence-electron chi connectivity index (χ0n) is 19.9. The predicted molar refractivity (Wildman–Crippen MR) is 138 cm³/mol. The summed E-state index contributed by atoms with van der Waals surface area (Å²) in [5, 5.41) is 4.44. The van der Waals surface area contributed by atoms with E-state index >= 15 is 0 Å². The minimum absolute atomic E-state index is 0.239. The molecule has 0 aliphatic rings. The van der Waals surface area contributed by atoms with Crippen LogP contribution in [0.25, 0.3) is 22.4 Å². The van der Waals surface area contributed by atoms with Gasteiger partial charge in [0.2, 0.25) is 10.7 Å². The molecule has 5 aromatic rings. The van der Waals surface area contributed by atoms with Crippen molar-refractivity contribution in [3.63, 3.8) is 0 Å². The molecule has 0 spiro atoms. The van der Waals surface area contributed by atoms with Crippen LogP contribution in [0.2, 0.25) is 0 Å². The largest absolute Gasteiger partial charge is 0.493 e. The lowest BCUT2D eigenvalue weighted by molar-refractivity contribution is 0.306. The first-order chi connectivity index (χ1) is 17.6. The average molecular weight is 502 g/mol. The second kappa shape index (κ2) is 10.1. The van der Waals surface area contributed by atoms with Crippen molar-refractivity contribution in [2.45, 2.75) is 6.61 Å². The molecule has 0 unspecified atom stereocenters. The highest BCUT2D eigenvalue weighted by molar-refractivity contribution is 7.15. The van der Waals surface area contributed by atoms with Gasteiger partial charge < -0.3 is 18.9 Å². The molecule has 0 aliphatic carbocycles. The third kappa shape index (κ3) is 4.60. The summed E-state index contributed by atoms with van der Waals surface area (Å²) in [6, 6.07) is 21.1. The van der Waals surface area contributed by atoms with E-state index in [2.05, 4.69) is 10.1 Å². The van der Waals surface area contributed by atoms with Gasteiger partial charge in [-0.15, -0.1) is 5.10 Å². The molecule has 0 saturated carbocycles. The van der Waals surface area contributed by atoms with Crippen molar-refractivity contribution < 1.29 is 18.9 Å². The van der Waals surface area contributed by atoms with Gasteiger partial charge in [0.25, 0.3) is 5.56 Å². The second-order valence-corrected chi connectivity index (χ2v) is 8.82. The van der Waals surface area contributed by atoms with Crippen molar-refractivity contribution in [2.75, 3.05) is 21.3 Å². The minimum atomic E-state index is -0.239. The Hall–Kier alpha value is -4.37. The van der Waals surface area contributed by atoms with Crippen molar-refractivity contribution in [3.05, 3.63) is 92.7 Å². The lowest BCUT2D eigenvalue weighted by Crippen LogP contribution is -2.23. The van der Waals surface area contributed by atoms with Gasteiger partial charge in [-0.05, 0) is 41.5 Å². The summed E-state index contributed by atoms with van der Waals surface area (Å²) >= 11 is 1.27. The number of methoxy groups -OCH3 is 3. The van der Waals surface area contributed by atoms with Crippen molar-refractivity contribution >= 4 is 22.4 Å². The topological polar surface area (TPSA) is 84.2 Å². The van der Waals surface area contributed by atoms with E-state index in [0.717, 1.165) is 16.9 Å². The maximum Gasteiger partial charge on any atom is 0.291 e. The van der Waals surface area contributed by atoms with Crippen molar-refractivity contribution in [1.82, 2.24) is 14.6 Å². The first-order valence-electron chi connectivity index (χ1n) is 11.1. The maximum absolute atomic E-state index is 13.1. The lowest BCUT2D eigenvalue weighted by Gasteiger charge is -2.12. The zero-order valence-corrected chi connectivity index (χ0v) is 20.7. The summed E-state index contributed by atoms with van der Waals surface area (Å²) in [5.41, 5.74) is 2.35. The molecule has 36 heavy (non-hydrogen) atoms. The molecule has 8 nitrogen and oxygen atoms in total. The Morgan fingerprint density at radius 2 is 1.67 bits per heavy atom. The van der Waals surface area contributed by atoms with E-state index in [1.165, 1.54) is 23.0 Å². The summed E-state index contributed by atoms with van der Waals surface area (Å²) in [4.78, 5) is 18.1.